The molecule has 1 nitrogen and oxygen atoms in total. The van der Waals surface area contributed by atoms with Crippen LogP contribution in [0.1, 0.15) is 0 Å². The van der Waals surface area contributed by atoms with Crippen LogP contribution in [0.3, 0.4) is 0 Å². The van der Waals surface area contributed by atoms with Crippen molar-refractivity contribution in [2.75, 3.05) is 5.73 Å². The Morgan fingerprint density at radius 3 is 1.75 bits per heavy atom. The Morgan fingerprint density at radius 2 is 1.50 bits per heavy atom. The van der Waals surface area contributed by atoms with Gasteiger partial charge in [0.2, 0.25) is 0 Å². The maximum absolute atomic E-state index is 5.36. The van der Waals surface area contributed by atoms with Gasteiger partial charge in [0.05, 0.1) is 0 Å². The van der Waals surface area contributed by atoms with Gasteiger partial charge in [0.15, 0.2) is 0 Å². The second kappa shape index (κ2) is 4.47. The molecule has 0 fully saturated rings. The summed E-state index contributed by atoms with van der Waals surface area (Å²) in [5, 5.41) is 0. The average Bonchev–Trinajstić information content (AvgIpc) is 1.69. The Labute approximate surface area is 89.3 Å². The summed E-state index contributed by atoms with van der Waals surface area (Å²) in [5.74, 6) is 0. The van der Waals surface area contributed by atoms with Gasteiger partial charge < -0.3 is 5.73 Å². The molecule has 1 rings (SSSR count). The van der Waals surface area contributed by atoms with Crippen molar-refractivity contribution in [2.45, 2.75) is 0 Å². The number of hydrogen-bond donors (Lipinski definition) is 1. The van der Waals surface area contributed by atoms with Crippen LogP contribution in [0.25, 0.3) is 0 Å². The molecule has 0 bridgehead atoms. The quantitative estimate of drug-likeness (QED) is 0.507. The van der Waals surface area contributed by atoms with E-state index < -0.39 is 0 Å². The Bertz CT molecular complexity index is 138. The Morgan fingerprint density at radius 1 is 1.00 bits per heavy atom. The topological polar surface area (TPSA) is 26.0 Å². The number of anilines is 1. The number of hydrogen-bond acceptors (Lipinski definition) is 1. The van der Waals surface area contributed by atoms with Crippen LogP contribution in [0.15, 0.2) is 30.3 Å². The van der Waals surface area contributed by atoms with Crippen molar-refractivity contribution in [1.29, 1.82) is 0 Å². The SMILES string of the molecule is Nc1ccccc1.[BaH2]. The summed E-state index contributed by atoms with van der Waals surface area (Å²) in [5.41, 5.74) is 6.18. The standard InChI is InChI=1S/C6H7N.Ba.2H/c7-6-4-2-1-3-5-6;;;/h1-5H,7H2;;;. The molecule has 0 aliphatic carbocycles. The van der Waals surface area contributed by atoms with E-state index in [1.807, 2.05) is 30.3 Å². The van der Waals surface area contributed by atoms with Crippen molar-refractivity contribution in [2.24, 2.45) is 0 Å². The van der Waals surface area contributed by atoms with E-state index in [1.165, 1.54) is 0 Å². The monoisotopic (exact) mass is 233 g/mol. The molecular weight excluding hydrogens is 223 g/mol. The van der Waals surface area contributed by atoms with Crippen LogP contribution in [0.2, 0.25) is 0 Å². The molecule has 0 spiro atoms. The molecule has 2 heteroatoms. The molecule has 0 aromatic heterocycles. The fraction of sp³-hybridized carbons (Fsp3) is 0. The molecule has 0 amide bonds. The summed E-state index contributed by atoms with van der Waals surface area (Å²) in [4.78, 5) is 0. The number of nitrogen functional groups attached to an aromatic ring is 1. The van der Waals surface area contributed by atoms with Gasteiger partial charge in [0, 0.05) is 5.69 Å². The van der Waals surface area contributed by atoms with Gasteiger partial charge in [0.25, 0.3) is 0 Å². The van der Waals surface area contributed by atoms with Crippen LogP contribution >= 0.6 is 0 Å². The first-order chi connectivity index (χ1) is 3.39. The van der Waals surface area contributed by atoms with E-state index in [0.717, 1.165) is 5.69 Å². The Balaban J connectivity index is 0.000000490. The second-order valence-corrected chi connectivity index (χ2v) is 1.41. The molecule has 2 N–H and O–H groups in total. The van der Waals surface area contributed by atoms with E-state index >= 15 is 0 Å². The van der Waals surface area contributed by atoms with Gasteiger partial charge in [-0.05, 0) is 12.1 Å². The summed E-state index contributed by atoms with van der Waals surface area (Å²) in [6.45, 7) is 0. The molecule has 40 valence electrons. The molecule has 0 atom stereocenters. The van der Waals surface area contributed by atoms with Crippen LogP contribution in [0.5, 0.6) is 0 Å². The molecule has 1 aromatic carbocycles. The summed E-state index contributed by atoms with van der Waals surface area (Å²) in [7, 11) is 0. The molecule has 0 saturated heterocycles. The predicted octanol–water partition coefficient (Wildman–Crippen LogP) is 0.353. The van der Waals surface area contributed by atoms with Crippen molar-refractivity contribution >= 4 is 54.6 Å². The average molecular weight is 232 g/mol. The van der Waals surface area contributed by atoms with Crippen LogP contribution < -0.4 is 5.73 Å². The normalized spacial score (nSPS) is 7.50. The Hall–Kier alpha value is 0.591. The van der Waals surface area contributed by atoms with E-state index in [-0.39, 0.29) is 48.9 Å². The van der Waals surface area contributed by atoms with Crippen LogP contribution in [0.4, 0.5) is 5.69 Å². The van der Waals surface area contributed by atoms with Gasteiger partial charge in [-0.1, -0.05) is 18.2 Å². The van der Waals surface area contributed by atoms with Gasteiger partial charge in [-0.3, -0.25) is 0 Å². The molecule has 0 saturated carbocycles. The minimum absolute atomic E-state index is 0. The molecule has 0 aliphatic heterocycles. The number of nitrogens with two attached hydrogens (primary N) is 1. The Kier molecular flexibility index (Phi) is 4.80. The van der Waals surface area contributed by atoms with Crippen molar-refractivity contribution in [3.05, 3.63) is 30.3 Å². The number of rotatable bonds is 0. The summed E-state index contributed by atoms with van der Waals surface area (Å²) < 4.78 is 0. The van der Waals surface area contributed by atoms with E-state index in [0.29, 0.717) is 0 Å². The summed E-state index contributed by atoms with van der Waals surface area (Å²) >= 11 is 0. The van der Waals surface area contributed by atoms with E-state index in [4.69, 9.17) is 5.73 Å². The second-order valence-electron chi connectivity index (χ2n) is 1.41. The van der Waals surface area contributed by atoms with E-state index in [9.17, 15) is 0 Å². The molecule has 0 radical (unpaired) electrons. The maximum atomic E-state index is 5.36. The third-order valence-corrected chi connectivity index (χ3v) is 0.800. The van der Waals surface area contributed by atoms with Gasteiger partial charge in [-0.15, -0.1) is 0 Å². The molecule has 8 heavy (non-hydrogen) atoms. The minimum atomic E-state index is 0. The molecular formula is C6H9BaN. The fourth-order valence-corrected chi connectivity index (χ4v) is 0.453. The van der Waals surface area contributed by atoms with E-state index in [2.05, 4.69) is 0 Å². The van der Waals surface area contributed by atoms with Crippen molar-refractivity contribution < 1.29 is 0 Å². The van der Waals surface area contributed by atoms with Crippen LogP contribution in [-0.2, 0) is 0 Å². The van der Waals surface area contributed by atoms with Gasteiger partial charge in [-0.2, -0.15) is 0 Å². The molecule has 0 unspecified atom stereocenters. The number of para-hydroxylation sites is 1. The molecule has 0 heterocycles. The zero-order valence-corrected chi connectivity index (χ0v) is 3.96. The van der Waals surface area contributed by atoms with Crippen LogP contribution in [-0.4, -0.2) is 48.9 Å². The summed E-state index contributed by atoms with van der Waals surface area (Å²) in [6, 6.07) is 9.49. The first-order valence-electron chi connectivity index (χ1n) is 2.20. The number of benzene rings is 1. The third kappa shape index (κ3) is 2.79. The predicted molar refractivity (Wildman–Crippen MR) is 39.4 cm³/mol. The summed E-state index contributed by atoms with van der Waals surface area (Å²) in [6.07, 6.45) is 0. The fourth-order valence-electron chi connectivity index (χ4n) is 0.453. The first kappa shape index (κ1) is 8.59. The zero-order valence-electron chi connectivity index (χ0n) is 3.96. The van der Waals surface area contributed by atoms with Crippen LogP contribution in [0, 0.1) is 0 Å². The first-order valence-corrected chi connectivity index (χ1v) is 2.20. The van der Waals surface area contributed by atoms with E-state index in [1.54, 1.807) is 0 Å². The zero-order chi connectivity index (χ0) is 5.11. The van der Waals surface area contributed by atoms with Crippen molar-refractivity contribution in [1.82, 2.24) is 0 Å². The van der Waals surface area contributed by atoms with Gasteiger partial charge in [-0.25, -0.2) is 0 Å². The van der Waals surface area contributed by atoms with Crippen molar-refractivity contribution in [3.63, 3.8) is 0 Å². The van der Waals surface area contributed by atoms with Gasteiger partial charge in [0.1, 0.15) is 0 Å². The van der Waals surface area contributed by atoms with Crippen molar-refractivity contribution in [3.8, 4) is 0 Å². The third-order valence-electron chi connectivity index (χ3n) is 0.800. The van der Waals surface area contributed by atoms with Gasteiger partial charge >= 0.3 is 48.9 Å². The molecule has 0 aliphatic rings. The molecule has 1 aromatic rings.